The lowest BCUT2D eigenvalue weighted by Gasteiger charge is -2.30. The van der Waals surface area contributed by atoms with Gasteiger partial charge in [0.25, 0.3) is 0 Å². The molecule has 1 aromatic rings. The van der Waals surface area contributed by atoms with Crippen LogP contribution >= 0.6 is 0 Å². The van der Waals surface area contributed by atoms with E-state index in [2.05, 4.69) is 10.6 Å². The minimum Gasteiger partial charge on any atom is -0.497 e. The van der Waals surface area contributed by atoms with Crippen molar-refractivity contribution < 1.29 is 24.2 Å². The van der Waals surface area contributed by atoms with Crippen LogP contribution in [0.1, 0.15) is 90.5 Å². The molecule has 2 aliphatic rings. The number of alkyl carbamates (subject to hydrolysis) is 1. The molecule has 0 aromatic heterocycles. The third-order valence-corrected chi connectivity index (χ3v) is 6.27. The van der Waals surface area contributed by atoms with Crippen LogP contribution in [0.4, 0.5) is 4.79 Å². The van der Waals surface area contributed by atoms with Crippen molar-refractivity contribution in [2.75, 3.05) is 7.11 Å². The second-order valence-corrected chi connectivity index (χ2v) is 10.4. The average molecular weight is 477 g/mol. The SMILES string of the molecule is C1CCC(NC2CCCCC2)CC1.COc1ccc(CC(NC(=O)OC(C)(C)C)C(=O)O)cc1. The Morgan fingerprint density at radius 2 is 1.44 bits per heavy atom. The molecular weight excluding hydrogens is 432 g/mol. The molecule has 2 aliphatic carbocycles. The minimum atomic E-state index is -1.11. The summed E-state index contributed by atoms with van der Waals surface area (Å²) in [7, 11) is 1.55. The topological polar surface area (TPSA) is 96.9 Å². The fourth-order valence-corrected chi connectivity index (χ4v) is 4.52. The van der Waals surface area contributed by atoms with E-state index in [1.807, 2.05) is 0 Å². The van der Waals surface area contributed by atoms with Crippen molar-refractivity contribution in [2.45, 2.75) is 115 Å². The highest BCUT2D eigenvalue weighted by atomic mass is 16.6. The van der Waals surface area contributed by atoms with Crippen molar-refractivity contribution in [1.29, 1.82) is 0 Å². The summed E-state index contributed by atoms with van der Waals surface area (Å²) >= 11 is 0. The van der Waals surface area contributed by atoms with Gasteiger partial charge in [0.2, 0.25) is 0 Å². The predicted octanol–water partition coefficient (Wildman–Crippen LogP) is 5.46. The zero-order valence-electron chi connectivity index (χ0n) is 21.4. The Balaban J connectivity index is 0.000000266. The van der Waals surface area contributed by atoms with Gasteiger partial charge < -0.3 is 25.2 Å². The lowest BCUT2D eigenvalue weighted by molar-refractivity contribution is -0.139. The van der Waals surface area contributed by atoms with Crippen LogP contribution in [-0.2, 0) is 16.0 Å². The maximum Gasteiger partial charge on any atom is 0.408 e. The van der Waals surface area contributed by atoms with Crippen LogP contribution in [0.5, 0.6) is 5.75 Å². The first-order chi connectivity index (χ1) is 16.2. The summed E-state index contributed by atoms with van der Waals surface area (Å²) in [4.78, 5) is 22.9. The Labute approximate surface area is 205 Å². The number of methoxy groups -OCH3 is 1. The van der Waals surface area contributed by atoms with Gasteiger partial charge in [-0.25, -0.2) is 9.59 Å². The molecule has 0 aliphatic heterocycles. The lowest BCUT2D eigenvalue weighted by Crippen LogP contribution is -2.44. The van der Waals surface area contributed by atoms with E-state index >= 15 is 0 Å². The maximum atomic E-state index is 11.6. The molecule has 1 unspecified atom stereocenters. The van der Waals surface area contributed by atoms with Gasteiger partial charge in [-0.3, -0.25) is 0 Å². The van der Waals surface area contributed by atoms with Crippen LogP contribution in [0.15, 0.2) is 24.3 Å². The molecule has 7 heteroatoms. The van der Waals surface area contributed by atoms with Crippen molar-refractivity contribution in [1.82, 2.24) is 10.6 Å². The molecule has 2 fully saturated rings. The van der Waals surface area contributed by atoms with Gasteiger partial charge in [0, 0.05) is 18.5 Å². The summed E-state index contributed by atoms with van der Waals surface area (Å²) in [5.74, 6) is -0.428. The second kappa shape index (κ2) is 14.2. The molecule has 0 saturated heterocycles. The molecule has 2 saturated carbocycles. The Bertz CT molecular complexity index is 716. The van der Waals surface area contributed by atoms with Crippen LogP contribution in [0.3, 0.4) is 0 Å². The van der Waals surface area contributed by atoms with Gasteiger partial charge in [0.05, 0.1) is 7.11 Å². The van der Waals surface area contributed by atoms with Crippen molar-refractivity contribution in [2.24, 2.45) is 0 Å². The number of aliphatic carboxylic acids is 1. The monoisotopic (exact) mass is 476 g/mol. The summed E-state index contributed by atoms with van der Waals surface area (Å²) in [5, 5.41) is 15.4. The number of carboxylic acids is 1. The first-order valence-corrected chi connectivity index (χ1v) is 12.8. The van der Waals surface area contributed by atoms with E-state index in [0.717, 1.165) is 17.6 Å². The van der Waals surface area contributed by atoms with Gasteiger partial charge in [0.15, 0.2) is 0 Å². The standard InChI is InChI=1S/C15H21NO5.C12H23N/c1-15(2,3)21-14(19)16-12(13(17)18)9-10-5-7-11(20-4)8-6-10;1-3-7-11(8-4-1)13-12-9-5-2-6-10-12/h5-8,12H,9H2,1-4H3,(H,16,19)(H,17,18);11-13H,1-10H2. The third kappa shape index (κ3) is 11.2. The van der Waals surface area contributed by atoms with E-state index in [1.165, 1.54) is 64.2 Å². The summed E-state index contributed by atoms with van der Waals surface area (Å²) < 4.78 is 10.1. The molecule has 0 spiro atoms. The molecule has 1 amide bonds. The Morgan fingerprint density at radius 3 is 1.85 bits per heavy atom. The molecule has 34 heavy (non-hydrogen) atoms. The smallest absolute Gasteiger partial charge is 0.408 e. The molecule has 0 heterocycles. The van der Waals surface area contributed by atoms with Crippen LogP contribution in [0.25, 0.3) is 0 Å². The van der Waals surface area contributed by atoms with E-state index in [1.54, 1.807) is 52.1 Å². The number of benzene rings is 1. The van der Waals surface area contributed by atoms with E-state index in [0.29, 0.717) is 5.75 Å². The first-order valence-electron chi connectivity index (χ1n) is 12.8. The van der Waals surface area contributed by atoms with E-state index in [4.69, 9.17) is 9.47 Å². The van der Waals surface area contributed by atoms with E-state index in [9.17, 15) is 14.7 Å². The quantitative estimate of drug-likeness (QED) is 0.484. The fraction of sp³-hybridized carbons (Fsp3) is 0.704. The average Bonchev–Trinajstić information content (AvgIpc) is 2.80. The van der Waals surface area contributed by atoms with Crippen molar-refractivity contribution in [3.63, 3.8) is 0 Å². The highest BCUT2D eigenvalue weighted by Gasteiger charge is 2.24. The number of carbonyl (C=O) groups is 2. The lowest BCUT2D eigenvalue weighted by atomic mass is 9.91. The molecule has 1 aromatic carbocycles. The maximum absolute atomic E-state index is 11.6. The van der Waals surface area contributed by atoms with Crippen LogP contribution in [-0.4, -0.2) is 48.0 Å². The Morgan fingerprint density at radius 1 is 0.941 bits per heavy atom. The number of amides is 1. The molecule has 0 bridgehead atoms. The fourth-order valence-electron chi connectivity index (χ4n) is 4.52. The highest BCUT2D eigenvalue weighted by Crippen LogP contribution is 2.22. The first kappa shape index (κ1) is 28.0. The predicted molar refractivity (Wildman–Crippen MR) is 134 cm³/mol. The van der Waals surface area contributed by atoms with Gasteiger partial charge in [-0.15, -0.1) is 0 Å². The third-order valence-electron chi connectivity index (χ3n) is 6.27. The number of carboxylic acid groups (broad SMARTS) is 1. The molecule has 3 N–H and O–H groups in total. The van der Waals surface area contributed by atoms with Gasteiger partial charge in [-0.1, -0.05) is 50.7 Å². The molecular formula is C27H44N2O5. The number of nitrogens with one attached hydrogen (secondary N) is 2. The summed E-state index contributed by atoms with van der Waals surface area (Å²) in [6.07, 6.45) is 14.0. The normalized spacial score (nSPS) is 18.2. The van der Waals surface area contributed by atoms with Gasteiger partial charge >= 0.3 is 12.1 Å². The van der Waals surface area contributed by atoms with Crippen molar-refractivity contribution in [3.8, 4) is 5.75 Å². The van der Waals surface area contributed by atoms with Crippen molar-refractivity contribution >= 4 is 12.1 Å². The van der Waals surface area contributed by atoms with Crippen LogP contribution in [0, 0.1) is 0 Å². The molecule has 192 valence electrons. The number of hydrogen-bond acceptors (Lipinski definition) is 5. The highest BCUT2D eigenvalue weighted by molar-refractivity contribution is 5.80. The number of hydrogen-bond donors (Lipinski definition) is 3. The summed E-state index contributed by atoms with van der Waals surface area (Å²) in [5.41, 5.74) is 0.104. The Hall–Kier alpha value is -2.28. The van der Waals surface area contributed by atoms with Gasteiger partial charge in [-0.05, 0) is 64.2 Å². The Kier molecular flexibility index (Phi) is 11.7. The van der Waals surface area contributed by atoms with E-state index < -0.39 is 23.7 Å². The molecule has 3 rings (SSSR count). The largest absolute Gasteiger partial charge is 0.497 e. The van der Waals surface area contributed by atoms with E-state index in [-0.39, 0.29) is 6.42 Å². The number of ether oxygens (including phenoxy) is 2. The number of carbonyl (C=O) groups excluding carboxylic acids is 1. The van der Waals surface area contributed by atoms with Crippen molar-refractivity contribution in [3.05, 3.63) is 29.8 Å². The second-order valence-electron chi connectivity index (χ2n) is 10.4. The van der Waals surface area contributed by atoms with Crippen LogP contribution in [0.2, 0.25) is 0 Å². The molecule has 7 nitrogen and oxygen atoms in total. The van der Waals surface area contributed by atoms with Gasteiger partial charge in [-0.2, -0.15) is 0 Å². The molecule has 0 radical (unpaired) electrons. The van der Waals surface area contributed by atoms with Crippen LogP contribution < -0.4 is 15.4 Å². The summed E-state index contributed by atoms with van der Waals surface area (Å²) in [6.45, 7) is 5.14. The zero-order chi connectivity index (χ0) is 25.0. The van der Waals surface area contributed by atoms with Gasteiger partial charge in [0.1, 0.15) is 17.4 Å². The minimum absolute atomic E-state index is 0.165. The number of rotatable bonds is 7. The zero-order valence-corrected chi connectivity index (χ0v) is 21.4. The molecule has 1 atom stereocenters. The summed E-state index contributed by atoms with van der Waals surface area (Å²) in [6, 6.07) is 7.68.